The van der Waals surface area contributed by atoms with E-state index in [2.05, 4.69) is 27.5 Å². The lowest BCUT2D eigenvalue weighted by Gasteiger charge is -2.23. The van der Waals surface area contributed by atoms with E-state index in [-0.39, 0.29) is 11.9 Å². The summed E-state index contributed by atoms with van der Waals surface area (Å²) in [6.45, 7) is 4.64. The van der Waals surface area contributed by atoms with E-state index < -0.39 is 0 Å². The maximum atomic E-state index is 14.5. The summed E-state index contributed by atoms with van der Waals surface area (Å²) in [6, 6.07) is 0.579. The minimum Gasteiger partial charge on any atom is -0.381 e. The van der Waals surface area contributed by atoms with Gasteiger partial charge in [0.05, 0.1) is 11.9 Å². The van der Waals surface area contributed by atoms with Crippen LogP contribution in [-0.4, -0.2) is 41.8 Å². The standard InChI is InChI=1S/C17H23FN4O/c1-10-14(2-5-19-10)22-16-13(18)9-21-17-15(16)12(8-20-17)11-3-6-23-7-4-11/h8-11,14,19H,2-7H2,1H3,(H2,20,21,22)/t10-,14-/m1/s1. The summed E-state index contributed by atoms with van der Waals surface area (Å²) < 4.78 is 20.0. The minimum atomic E-state index is -0.274. The molecular formula is C17H23FN4O. The highest BCUT2D eigenvalue weighted by Gasteiger charge is 2.27. The second-order valence-corrected chi connectivity index (χ2v) is 6.62. The number of hydrogen-bond donors (Lipinski definition) is 3. The molecule has 0 spiro atoms. The summed E-state index contributed by atoms with van der Waals surface area (Å²) in [5.74, 6) is 0.130. The topological polar surface area (TPSA) is 62.0 Å². The Labute approximate surface area is 135 Å². The van der Waals surface area contributed by atoms with Crippen LogP contribution >= 0.6 is 0 Å². The molecule has 0 aromatic carbocycles. The van der Waals surface area contributed by atoms with Gasteiger partial charge in [0.2, 0.25) is 0 Å². The van der Waals surface area contributed by atoms with Crippen molar-refractivity contribution in [1.82, 2.24) is 15.3 Å². The summed E-state index contributed by atoms with van der Waals surface area (Å²) in [5, 5.41) is 7.76. The molecule has 124 valence electrons. The van der Waals surface area contributed by atoms with Gasteiger partial charge in [0.1, 0.15) is 5.65 Å². The molecule has 4 rings (SSSR count). The molecule has 0 saturated carbocycles. The van der Waals surface area contributed by atoms with Crippen molar-refractivity contribution >= 4 is 16.7 Å². The fourth-order valence-corrected chi connectivity index (χ4v) is 3.81. The number of nitrogens with zero attached hydrogens (tertiary/aromatic N) is 1. The number of rotatable bonds is 3. The molecule has 2 aromatic heterocycles. The highest BCUT2D eigenvalue weighted by Crippen LogP contribution is 2.37. The fraction of sp³-hybridized carbons (Fsp3) is 0.588. The lowest BCUT2D eigenvalue weighted by atomic mass is 9.91. The van der Waals surface area contributed by atoms with Gasteiger partial charge in [-0.3, -0.25) is 0 Å². The van der Waals surface area contributed by atoms with Crippen LogP contribution in [0.3, 0.4) is 0 Å². The van der Waals surface area contributed by atoms with E-state index in [0.717, 1.165) is 55.6 Å². The highest BCUT2D eigenvalue weighted by molar-refractivity contribution is 5.93. The SMILES string of the molecule is C[C@H]1NCC[C@H]1Nc1c(F)cnc2[nH]cc(C3CCOCC3)c12. The Morgan fingerprint density at radius 3 is 2.87 bits per heavy atom. The van der Waals surface area contributed by atoms with Crippen LogP contribution in [0.25, 0.3) is 11.0 Å². The van der Waals surface area contributed by atoms with E-state index in [4.69, 9.17) is 4.74 Å². The summed E-state index contributed by atoms with van der Waals surface area (Å²) in [6.07, 6.45) is 6.26. The first-order valence-corrected chi connectivity index (χ1v) is 8.47. The molecular weight excluding hydrogens is 295 g/mol. The van der Waals surface area contributed by atoms with Crippen molar-refractivity contribution in [2.24, 2.45) is 0 Å². The normalized spacial score (nSPS) is 26.0. The molecule has 2 aliphatic rings. The number of ether oxygens (including phenoxy) is 1. The Kier molecular flexibility index (Phi) is 3.95. The predicted molar refractivity (Wildman–Crippen MR) is 88.3 cm³/mol. The van der Waals surface area contributed by atoms with Gasteiger partial charge in [0.15, 0.2) is 5.82 Å². The van der Waals surface area contributed by atoms with Crippen LogP contribution in [0.2, 0.25) is 0 Å². The number of pyridine rings is 1. The number of nitrogens with one attached hydrogen (secondary N) is 3. The van der Waals surface area contributed by atoms with Crippen molar-refractivity contribution in [2.75, 3.05) is 25.1 Å². The third kappa shape index (κ3) is 2.70. The Bertz CT molecular complexity index is 695. The van der Waals surface area contributed by atoms with Gasteiger partial charge in [-0.1, -0.05) is 0 Å². The van der Waals surface area contributed by atoms with Crippen LogP contribution in [0, 0.1) is 5.82 Å². The van der Waals surface area contributed by atoms with Crippen molar-refractivity contribution in [3.05, 3.63) is 23.8 Å². The average Bonchev–Trinajstić information content (AvgIpc) is 3.17. The van der Waals surface area contributed by atoms with Crippen LogP contribution in [0.1, 0.15) is 37.7 Å². The van der Waals surface area contributed by atoms with Crippen LogP contribution in [0.5, 0.6) is 0 Å². The maximum absolute atomic E-state index is 14.5. The molecule has 2 atom stereocenters. The van der Waals surface area contributed by atoms with Gasteiger partial charge in [-0.05, 0) is 44.2 Å². The smallest absolute Gasteiger partial charge is 0.165 e. The molecule has 0 amide bonds. The zero-order chi connectivity index (χ0) is 15.8. The lowest BCUT2D eigenvalue weighted by molar-refractivity contribution is 0.0856. The number of anilines is 1. The first-order valence-electron chi connectivity index (χ1n) is 8.47. The molecule has 2 saturated heterocycles. The van der Waals surface area contributed by atoms with Crippen molar-refractivity contribution < 1.29 is 9.13 Å². The Hall–Kier alpha value is -1.66. The van der Waals surface area contributed by atoms with Crippen molar-refractivity contribution in [3.8, 4) is 0 Å². The third-order valence-corrected chi connectivity index (χ3v) is 5.20. The average molecular weight is 318 g/mol. The molecule has 0 aliphatic carbocycles. The van der Waals surface area contributed by atoms with E-state index in [1.165, 1.54) is 6.20 Å². The largest absolute Gasteiger partial charge is 0.381 e. The second kappa shape index (κ2) is 6.09. The number of aromatic nitrogens is 2. The molecule has 2 aromatic rings. The molecule has 23 heavy (non-hydrogen) atoms. The molecule has 0 unspecified atom stereocenters. The van der Waals surface area contributed by atoms with Gasteiger partial charge in [-0.25, -0.2) is 9.37 Å². The zero-order valence-electron chi connectivity index (χ0n) is 13.4. The van der Waals surface area contributed by atoms with Crippen LogP contribution in [-0.2, 0) is 4.74 Å². The van der Waals surface area contributed by atoms with E-state index in [9.17, 15) is 4.39 Å². The summed E-state index contributed by atoms with van der Waals surface area (Å²) in [4.78, 5) is 7.45. The van der Waals surface area contributed by atoms with Crippen molar-refractivity contribution in [3.63, 3.8) is 0 Å². The van der Waals surface area contributed by atoms with E-state index in [1.807, 2.05) is 6.20 Å². The first kappa shape index (κ1) is 14.9. The van der Waals surface area contributed by atoms with Crippen LogP contribution < -0.4 is 10.6 Å². The number of fused-ring (bicyclic) bond motifs is 1. The van der Waals surface area contributed by atoms with Gasteiger partial charge < -0.3 is 20.4 Å². The van der Waals surface area contributed by atoms with Gasteiger partial charge in [0, 0.05) is 36.9 Å². The van der Waals surface area contributed by atoms with E-state index >= 15 is 0 Å². The van der Waals surface area contributed by atoms with Crippen LogP contribution in [0.15, 0.2) is 12.4 Å². The summed E-state index contributed by atoms with van der Waals surface area (Å²) >= 11 is 0. The molecule has 6 heteroatoms. The monoisotopic (exact) mass is 318 g/mol. The molecule has 3 N–H and O–H groups in total. The highest BCUT2D eigenvalue weighted by atomic mass is 19.1. The Morgan fingerprint density at radius 1 is 1.30 bits per heavy atom. The van der Waals surface area contributed by atoms with Crippen molar-refractivity contribution in [2.45, 2.75) is 44.2 Å². The lowest BCUT2D eigenvalue weighted by Crippen LogP contribution is -2.32. The number of aromatic amines is 1. The summed E-state index contributed by atoms with van der Waals surface area (Å²) in [7, 11) is 0. The Balaban J connectivity index is 1.75. The number of hydrogen-bond acceptors (Lipinski definition) is 4. The molecule has 0 radical (unpaired) electrons. The predicted octanol–water partition coefficient (Wildman–Crippen LogP) is 2.76. The van der Waals surface area contributed by atoms with Gasteiger partial charge in [0.25, 0.3) is 0 Å². The molecule has 2 aliphatic heterocycles. The fourth-order valence-electron chi connectivity index (χ4n) is 3.81. The quantitative estimate of drug-likeness (QED) is 0.814. The molecule has 5 nitrogen and oxygen atoms in total. The molecule has 0 bridgehead atoms. The Morgan fingerprint density at radius 2 is 2.13 bits per heavy atom. The van der Waals surface area contributed by atoms with Gasteiger partial charge >= 0.3 is 0 Å². The second-order valence-electron chi connectivity index (χ2n) is 6.62. The molecule has 2 fully saturated rings. The van der Waals surface area contributed by atoms with Crippen molar-refractivity contribution in [1.29, 1.82) is 0 Å². The van der Waals surface area contributed by atoms with Gasteiger partial charge in [-0.15, -0.1) is 0 Å². The number of H-pyrrole nitrogens is 1. The first-order chi connectivity index (χ1) is 11.2. The van der Waals surface area contributed by atoms with E-state index in [1.54, 1.807) is 0 Å². The third-order valence-electron chi connectivity index (χ3n) is 5.20. The minimum absolute atomic E-state index is 0.243. The summed E-state index contributed by atoms with van der Waals surface area (Å²) in [5.41, 5.74) is 2.52. The zero-order valence-corrected chi connectivity index (χ0v) is 13.4. The molecule has 4 heterocycles. The van der Waals surface area contributed by atoms with Gasteiger partial charge in [-0.2, -0.15) is 0 Å². The van der Waals surface area contributed by atoms with Crippen LogP contribution in [0.4, 0.5) is 10.1 Å². The number of halogens is 1. The maximum Gasteiger partial charge on any atom is 0.165 e. The van der Waals surface area contributed by atoms with E-state index in [0.29, 0.717) is 17.6 Å².